The number of aryl methyl sites for hydroxylation is 1. The summed E-state index contributed by atoms with van der Waals surface area (Å²) in [6, 6.07) is 15.9. The Kier molecular flexibility index (Phi) is 7.30. The number of hydrogen-bond acceptors (Lipinski definition) is 6. The van der Waals surface area contributed by atoms with Gasteiger partial charge in [-0.1, -0.05) is 30.9 Å². The van der Waals surface area contributed by atoms with Gasteiger partial charge in [0, 0.05) is 30.4 Å². The van der Waals surface area contributed by atoms with Crippen molar-refractivity contribution in [1.82, 2.24) is 14.7 Å². The minimum Gasteiger partial charge on any atom is -0.489 e. The highest BCUT2D eigenvalue weighted by Gasteiger charge is 2.31. The number of nitrogens with zero attached hydrogens (tertiary/aromatic N) is 4. The molecule has 2 aromatic carbocycles. The molecule has 0 unspecified atom stereocenters. The smallest absolute Gasteiger partial charge is 0.286 e. The number of thioether (sulfide) groups is 1. The van der Waals surface area contributed by atoms with Crippen LogP contribution in [0.3, 0.4) is 0 Å². The van der Waals surface area contributed by atoms with E-state index in [2.05, 4.69) is 22.5 Å². The summed E-state index contributed by atoms with van der Waals surface area (Å²) in [6.45, 7) is 11.7. The third-order valence-corrected chi connectivity index (χ3v) is 7.20. The zero-order valence-corrected chi connectivity index (χ0v) is 22.1. The van der Waals surface area contributed by atoms with E-state index in [9.17, 15) is 4.79 Å². The van der Waals surface area contributed by atoms with Gasteiger partial charge in [0.2, 0.25) is 0 Å². The van der Waals surface area contributed by atoms with Gasteiger partial charge in [-0.25, -0.2) is 4.68 Å². The van der Waals surface area contributed by atoms with Gasteiger partial charge in [0.15, 0.2) is 5.17 Å². The van der Waals surface area contributed by atoms with Gasteiger partial charge in [-0.05, 0) is 74.5 Å². The lowest BCUT2D eigenvalue weighted by molar-refractivity contribution is -0.113. The summed E-state index contributed by atoms with van der Waals surface area (Å²) in [5.41, 5.74) is 4.51. The molecule has 0 radical (unpaired) electrons. The van der Waals surface area contributed by atoms with Gasteiger partial charge >= 0.3 is 0 Å². The van der Waals surface area contributed by atoms with Crippen molar-refractivity contribution in [3.63, 3.8) is 0 Å². The lowest BCUT2D eigenvalue weighted by atomic mass is 10.0. The second kappa shape index (κ2) is 10.8. The molecule has 0 N–H and O–H groups in total. The van der Waals surface area contributed by atoms with E-state index in [1.807, 2.05) is 80.2 Å². The third kappa shape index (κ3) is 5.55. The number of ether oxygens (including phenoxy) is 2. The highest BCUT2D eigenvalue weighted by Crippen LogP contribution is 2.35. The van der Waals surface area contributed by atoms with Gasteiger partial charge in [-0.3, -0.25) is 4.79 Å². The van der Waals surface area contributed by atoms with Crippen LogP contribution >= 0.6 is 11.8 Å². The molecule has 1 aromatic heterocycles. The maximum absolute atomic E-state index is 12.9. The van der Waals surface area contributed by atoms with Gasteiger partial charge < -0.3 is 14.4 Å². The molecule has 7 nitrogen and oxygen atoms in total. The first-order valence-corrected chi connectivity index (χ1v) is 13.2. The fourth-order valence-electron chi connectivity index (χ4n) is 4.55. The molecular weight excluding hydrogens is 484 g/mol. The lowest BCUT2D eigenvalue weighted by Crippen LogP contribution is -2.47. The molecule has 0 saturated carbocycles. The van der Waals surface area contributed by atoms with Crippen molar-refractivity contribution in [2.45, 2.75) is 33.0 Å². The Morgan fingerprint density at radius 1 is 1.16 bits per heavy atom. The topological polar surface area (TPSA) is 68.9 Å². The first-order valence-electron chi connectivity index (χ1n) is 12.3. The Bertz CT molecular complexity index is 1370. The molecule has 2 aliphatic rings. The first-order chi connectivity index (χ1) is 17.9. The van der Waals surface area contributed by atoms with E-state index < -0.39 is 0 Å². The molecule has 1 fully saturated rings. The standard InChI is InChI=1S/C29H30N4O3S/c1-5-13-35-25-12-11-22(14-19(25)2)27-23(18-33(31-27)24-9-7-6-8-10-24)15-26-28(34)30-29(37-26)32-16-20(3)36-21(4)17-32/h5-12,14-15,18,20-21H,1,13,16-17H2,2-4H3/b26-15+/t20-,21-/m1/s1. The van der Waals surface area contributed by atoms with Crippen LogP contribution in [0.15, 0.2) is 77.3 Å². The van der Waals surface area contributed by atoms with Gasteiger partial charge in [0.25, 0.3) is 5.91 Å². The van der Waals surface area contributed by atoms with Crippen LogP contribution in [0.25, 0.3) is 23.0 Å². The molecule has 2 atom stereocenters. The Labute approximate surface area is 221 Å². The van der Waals surface area contributed by atoms with Crippen LogP contribution in [-0.4, -0.2) is 57.7 Å². The van der Waals surface area contributed by atoms with E-state index in [1.54, 1.807) is 6.08 Å². The molecule has 5 rings (SSSR count). The summed E-state index contributed by atoms with van der Waals surface area (Å²) in [6.07, 6.45) is 5.76. The van der Waals surface area contributed by atoms with Crippen molar-refractivity contribution in [2.24, 2.45) is 4.99 Å². The quantitative estimate of drug-likeness (QED) is 0.320. The first kappa shape index (κ1) is 25.0. The molecule has 3 heterocycles. The lowest BCUT2D eigenvalue weighted by Gasteiger charge is -2.35. The van der Waals surface area contributed by atoms with Crippen molar-refractivity contribution in [2.75, 3.05) is 19.7 Å². The highest BCUT2D eigenvalue weighted by atomic mass is 32.2. The zero-order chi connectivity index (χ0) is 25.9. The number of amidine groups is 1. The largest absolute Gasteiger partial charge is 0.489 e. The summed E-state index contributed by atoms with van der Waals surface area (Å²) < 4.78 is 13.4. The summed E-state index contributed by atoms with van der Waals surface area (Å²) in [5, 5.41) is 5.64. The predicted octanol–water partition coefficient (Wildman–Crippen LogP) is 5.49. The second-order valence-corrected chi connectivity index (χ2v) is 10.3. The fourth-order valence-corrected chi connectivity index (χ4v) is 5.47. The number of carbonyl (C=O) groups is 1. The van der Waals surface area contributed by atoms with Crippen LogP contribution in [0.4, 0.5) is 0 Å². The van der Waals surface area contributed by atoms with Gasteiger partial charge in [-0.2, -0.15) is 10.1 Å². The monoisotopic (exact) mass is 514 g/mol. The maximum Gasteiger partial charge on any atom is 0.286 e. The summed E-state index contributed by atoms with van der Waals surface area (Å²) in [7, 11) is 0. The van der Waals surface area contributed by atoms with Gasteiger partial charge in [0.05, 0.1) is 22.8 Å². The number of hydrogen-bond donors (Lipinski definition) is 0. The molecule has 0 bridgehead atoms. The molecule has 1 amide bonds. The molecule has 0 aliphatic carbocycles. The van der Waals surface area contributed by atoms with E-state index in [0.717, 1.165) is 39.0 Å². The normalized spacial score (nSPS) is 20.8. The van der Waals surface area contributed by atoms with Crippen LogP contribution in [0, 0.1) is 6.92 Å². The average molecular weight is 515 g/mol. The number of benzene rings is 2. The number of morpholine rings is 1. The Morgan fingerprint density at radius 3 is 2.62 bits per heavy atom. The minimum absolute atomic E-state index is 0.0903. The third-order valence-electron chi connectivity index (χ3n) is 6.15. The second-order valence-electron chi connectivity index (χ2n) is 9.27. The number of amides is 1. The Morgan fingerprint density at radius 2 is 1.92 bits per heavy atom. The van der Waals surface area contributed by atoms with E-state index in [-0.39, 0.29) is 18.1 Å². The molecular formula is C29H30N4O3S. The van der Waals surface area contributed by atoms with Crippen molar-refractivity contribution in [3.05, 3.63) is 83.4 Å². The van der Waals surface area contributed by atoms with E-state index in [0.29, 0.717) is 24.6 Å². The highest BCUT2D eigenvalue weighted by molar-refractivity contribution is 8.18. The van der Waals surface area contributed by atoms with Gasteiger partial charge in [-0.15, -0.1) is 0 Å². The molecule has 37 heavy (non-hydrogen) atoms. The fraction of sp³-hybridized carbons (Fsp3) is 0.276. The van der Waals surface area contributed by atoms with Crippen LogP contribution in [0.5, 0.6) is 5.75 Å². The number of carbonyl (C=O) groups excluding carboxylic acids is 1. The van der Waals surface area contributed by atoms with Crippen LogP contribution in [-0.2, 0) is 9.53 Å². The SMILES string of the molecule is C=CCOc1ccc(-c2nn(-c3ccccc3)cc2/C=C2/SC(N3C[C@@H](C)O[C@H](C)C3)=NC2=O)cc1C. The number of rotatable bonds is 6. The molecule has 0 spiro atoms. The number of aliphatic imine (C=N–C) groups is 1. The summed E-state index contributed by atoms with van der Waals surface area (Å²) >= 11 is 1.41. The Hall–Kier alpha value is -3.62. The molecule has 190 valence electrons. The van der Waals surface area contributed by atoms with Crippen molar-refractivity contribution in [3.8, 4) is 22.7 Å². The molecule has 1 saturated heterocycles. The summed E-state index contributed by atoms with van der Waals surface area (Å²) in [5.74, 6) is 0.578. The van der Waals surface area contributed by atoms with Crippen molar-refractivity contribution >= 4 is 28.9 Å². The number of para-hydroxylation sites is 1. The number of aromatic nitrogens is 2. The molecule has 8 heteroatoms. The van der Waals surface area contributed by atoms with E-state index in [1.165, 1.54) is 11.8 Å². The van der Waals surface area contributed by atoms with Crippen LogP contribution < -0.4 is 4.74 Å². The minimum atomic E-state index is -0.227. The molecule has 3 aromatic rings. The maximum atomic E-state index is 12.9. The van der Waals surface area contributed by atoms with E-state index >= 15 is 0 Å². The van der Waals surface area contributed by atoms with Crippen molar-refractivity contribution in [1.29, 1.82) is 0 Å². The van der Waals surface area contributed by atoms with Gasteiger partial charge in [0.1, 0.15) is 18.1 Å². The summed E-state index contributed by atoms with van der Waals surface area (Å²) in [4.78, 5) is 20.0. The van der Waals surface area contributed by atoms with E-state index in [4.69, 9.17) is 14.6 Å². The predicted molar refractivity (Wildman–Crippen MR) is 149 cm³/mol. The van der Waals surface area contributed by atoms with Crippen LogP contribution in [0.2, 0.25) is 0 Å². The zero-order valence-electron chi connectivity index (χ0n) is 21.3. The molecule has 2 aliphatic heterocycles. The Balaban J connectivity index is 1.49. The average Bonchev–Trinajstić information content (AvgIpc) is 3.47. The van der Waals surface area contributed by atoms with Crippen LogP contribution in [0.1, 0.15) is 25.0 Å². The van der Waals surface area contributed by atoms with Crippen molar-refractivity contribution < 1.29 is 14.3 Å².